The van der Waals surface area contributed by atoms with E-state index in [1.165, 1.54) is 11.1 Å². The second-order valence-corrected chi connectivity index (χ2v) is 5.97. The first-order valence-electron chi connectivity index (χ1n) is 6.60. The number of nitrogens with one attached hydrogen (secondary N) is 1. The van der Waals surface area contributed by atoms with Crippen LogP contribution >= 0.6 is 15.9 Å². The van der Waals surface area contributed by atoms with Crippen molar-refractivity contribution in [3.63, 3.8) is 0 Å². The molecule has 3 nitrogen and oxygen atoms in total. The van der Waals surface area contributed by atoms with Crippen molar-refractivity contribution in [2.45, 2.75) is 25.8 Å². The Kier molecular flexibility index (Phi) is 3.45. The number of rotatable bonds is 2. The molecule has 0 aliphatic heterocycles. The zero-order valence-corrected chi connectivity index (χ0v) is 12.7. The Hall–Kier alpha value is -1.86. The van der Waals surface area contributed by atoms with Crippen LogP contribution in [0.2, 0.25) is 0 Å². The summed E-state index contributed by atoms with van der Waals surface area (Å²) >= 11 is 3.51. The van der Waals surface area contributed by atoms with Crippen LogP contribution in [-0.4, -0.2) is 4.98 Å². The third-order valence-electron chi connectivity index (χ3n) is 3.71. The van der Waals surface area contributed by atoms with Crippen LogP contribution in [0.5, 0.6) is 0 Å². The number of fused-ring (bicyclic) bond motifs is 1. The standard InChI is InChI=1S/C16H14BrN3/c1-10-2-7-16(20-15(10)9-18)19-14-6-3-11-8-12(17)4-5-13(11)14/h2,4-5,7-8,14H,3,6H2,1H3,(H,19,20). The topological polar surface area (TPSA) is 48.7 Å². The molecule has 100 valence electrons. The molecule has 0 saturated carbocycles. The molecule has 0 amide bonds. The summed E-state index contributed by atoms with van der Waals surface area (Å²) < 4.78 is 1.12. The van der Waals surface area contributed by atoms with Crippen molar-refractivity contribution in [2.24, 2.45) is 0 Å². The highest BCUT2D eigenvalue weighted by Gasteiger charge is 2.22. The van der Waals surface area contributed by atoms with Crippen LogP contribution in [0.4, 0.5) is 5.82 Å². The lowest BCUT2D eigenvalue weighted by atomic mass is 10.1. The van der Waals surface area contributed by atoms with E-state index < -0.39 is 0 Å². The molecule has 4 heteroatoms. The van der Waals surface area contributed by atoms with Gasteiger partial charge >= 0.3 is 0 Å². The highest BCUT2D eigenvalue weighted by Crippen LogP contribution is 2.35. The van der Waals surface area contributed by atoms with E-state index in [-0.39, 0.29) is 6.04 Å². The fourth-order valence-corrected chi connectivity index (χ4v) is 3.05. The molecule has 0 bridgehead atoms. The highest BCUT2D eigenvalue weighted by atomic mass is 79.9. The zero-order chi connectivity index (χ0) is 14.1. The van der Waals surface area contributed by atoms with Crippen molar-refractivity contribution < 1.29 is 0 Å². The van der Waals surface area contributed by atoms with E-state index in [2.05, 4.69) is 50.5 Å². The molecule has 1 heterocycles. The molecule has 1 N–H and O–H groups in total. The first-order chi connectivity index (χ1) is 9.67. The van der Waals surface area contributed by atoms with Crippen LogP contribution < -0.4 is 5.32 Å². The van der Waals surface area contributed by atoms with Crippen LogP contribution in [-0.2, 0) is 6.42 Å². The molecule has 0 saturated heterocycles. The first-order valence-corrected chi connectivity index (χ1v) is 7.39. The molecule has 1 aromatic heterocycles. The van der Waals surface area contributed by atoms with Crippen molar-refractivity contribution in [3.8, 4) is 6.07 Å². The number of nitrogens with zero attached hydrogens (tertiary/aromatic N) is 2. The van der Waals surface area contributed by atoms with E-state index in [1.807, 2.05) is 19.1 Å². The summed E-state index contributed by atoms with van der Waals surface area (Å²) in [5.41, 5.74) is 4.11. The lowest BCUT2D eigenvalue weighted by Crippen LogP contribution is -2.09. The molecular weight excluding hydrogens is 314 g/mol. The fraction of sp³-hybridized carbons (Fsp3) is 0.250. The van der Waals surface area contributed by atoms with Crippen LogP contribution in [0.25, 0.3) is 0 Å². The third kappa shape index (κ3) is 2.41. The lowest BCUT2D eigenvalue weighted by molar-refractivity contribution is 0.757. The van der Waals surface area contributed by atoms with Gasteiger partial charge in [-0.15, -0.1) is 0 Å². The molecule has 3 rings (SSSR count). The summed E-state index contributed by atoms with van der Waals surface area (Å²) in [6, 6.07) is 12.7. The molecule has 0 radical (unpaired) electrons. The maximum absolute atomic E-state index is 9.05. The quantitative estimate of drug-likeness (QED) is 0.902. The van der Waals surface area contributed by atoms with Gasteiger partial charge in [0.05, 0.1) is 6.04 Å². The van der Waals surface area contributed by atoms with Gasteiger partial charge in [-0.1, -0.05) is 28.1 Å². The monoisotopic (exact) mass is 327 g/mol. The molecule has 20 heavy (non-hydrogen) atoms. The number of hydrogen-bond donors (Lipinski definition) is 1. The number of aromatic nitrogens is 1. The van der Waals surface area contributed by atoms with Crippen molar-refractivity contribution >= 4 is 21.7 Å². The van der Waals surface area contributed by atoms with E-state index in [9.17, 15) is 0 Å². The number of aryl methyl sites for hydroxylation is 2. The summed E-state index contributed by atoms with van der Waals surface area (Å²) in [6.07, 6.45) is 2.13. The molecule has 1 unspecified atom stereocenters. The zero-order valence-electron chi connectivity index (χ0n) is 11.2. The number of pyridine rings is 1. The molecule has 1 aliphatic rings. The molecule has 0 fully saturated rings. The third-order valence-corrected chi connectivity index (χ3v) is 4.20. The van der Waals surface area contributed by atoms with Crippen molar-refractivity contribution in [1.29, 1.82) is 5.26 Å². The normalized spacial score (nSPS) is 16.6. The van der Waals surface area contributed by atoms with E-state index in [4.69, 9.17) is 5.26 Å². The van der Waals surface area contributed by atoms with E-state index in [0.717, 1.165) is 28.7 Å². The summed E-state index contributed by atoms with van der Waals surface area (Å²) in [5, 5.41) is 12.5. The lowest BCUT2D eigenvalue weighted by Gasteiger charge is -2.15. The summed E-state index contributed by atoms with van der Waals surface area (Å²) in [7, 11) is 0. The van der Waals surface area contributed by atoms with Gasteiger partial charge in [-0.05, 0) is 54.7 Å². The van der Waals surface area contributed by atoms with Crippen molar-refractivity contribution in [2.75, 3.05) is 5.32 Å². The van der Waals surface area contributed by atoms with Crippen LogP contribution in [0.1, 0.15) is 34.8 Å². The largest absolute Gasteiger partial charge is 0.363 e. The van der Waals surface area contributed by atoms with Crippen molar-refractivity contribution in [1.82, 2.24) is 4.98 Å². The minimum absolute atomic E-state index is 0.278. The predicted molar refractivity (Wildman–Crippen MR) is 82.5 cm³/mol. The van der Waals surface area contributed by atoms with Crippen LogP contribution in [0, 0.1) is 18.3 Å². The van der Waals surface area contributed by atoms with Crippen LogP contribution in [0.3, 0.4) is 0 Å². The van der Waals surface area contributed by atoms with E-state index in [0.29, 0.717) is 5.69 Å². The molecule has 0 spiro atoms. The number of benzene rings is 1. The number of hydrogen-bond acceptors (Lipinski definition) is 3. The first kappa shape index (κ1) is 13.1. The number of halogens is 1. The summed E-state index contributed by atoms with van der Waals surface area (Å²) in [6.45, 7) is 1.90. The Bertz CT molecular complexity index is 703. The minimum Gasteiger partial charge on any atom is -0.363 e. The predicted octanol–water partition coefficient (Wildman–Crippen LogP) is 4.12. The van der Waals surface area contributed by atoms with Crippen LogP contribution in [0.15, 0.2) is 34.8 Å². The van der Waals surface area contributed by atoms with Gasteiger partial charge in [0.15, 0.2) is 0 Å². The van der Waals surface area contributed by atoms with Gasteiger partial charge < -0.3 is 5.32 Å². The summed E-state index contributed by atoms with van der Waals surface area (Å²) in [5.74, 6) is 0.771. The molecule has 2 aromatic rings. The number of nitriles is 1. The SMILES string of the molecule is Cc1ccc(NC2CCc3cc(Br)ccc32)nc1C#N. The van der Waals surface area contributed by atoms with Gasteiger partial charge in [-0.2, -0.15) is 5.26 Å². The van der Waals surface area contributed by atoms with Gasteiger partial charge in [-0.3, -0.25) is 0 Å². The molecule has 1 aromatic carbocycles. The average Bonchev–Trinajstić information content (AvgIpc) is 2.83. The van der Waals surface area contributed by atoms with Gasteiger partial charge in [0.1, 0.15) is 17.6 Å². The average molecular weight is 328 g/mol. The fourth-order valence-electron chi connectivity index (χ4n) is 2.64. The minimum atomic E-state index is 0.278. The highest BCUT2D eigenvalue weighted by molar-refractivity contribution is 9.10. The van der Waals surface area contributed by atoms with E-state index >= 15 is 0 Å². The second-order valence-electron chi connectivity index (χ2n) is 5.05. The van der Waals surface area contributed by atoms with Gasteiger partial charge in [0.25, 0.3) is 0 Å². The maximum Gasteiger partial charge on any atom is 0.145 e. The van der Waals surface area contributed by atoms with Gasteiger partial charge in [0.2, 0.25) is 0 Å². The second kappa shape index (κ2) is 5.26. The van der Waals surface area contributed by atoms with Gasteiger partial charge in [0, 0.05) is 4.47 Å². The molecule has 1 atom stereocenters. The molecular formula is C16H14BrN3. The Morgan fingerprint density at radius 1 is 1.35 bits per heavy atom. The molecule has 1 aliphatic carbocycles. The Labute approximate surface area is 126 Å². The van der Waals surface area contributed by atoms with Gasteiger partial charge in [-0.25, -0.2) is 4.98 Å². The van der Waals surface area contributed by atoms with Crippen molar-refractivity contribution in [3.05, 3.63) is 57.2 Å². The maximum atomic E-state index is 9.05. The Balaban J connectivity index is 1.86. The van der Waals surface area contributed by atoms with E-state index in [1.54, 1.807) is 0 Å². The Morgan fingerprint density at radius 3 is 3.00 bits per heavy atom. The summed E-state index contributed by atoms with van der Waals surface area (Å²) in [4.78, 5) is 4.36. The smallest absolute Gasteiger partial charge is 0.145 e. The Morgan fingerprint density at radius 2 is 2.20 bits per heavy atom. The number of anilines is 1.